The summed E-state index contributed by atoms with van der Waals surface area (Å²) < 4.78 is 45.2. The second-order valence-corrected chi connectivity index (χ2v) is 22.8. The fraction of sp³-hybridized carbons (Fsp3) is 0.429. The third-order valence-corrected chi connectivity index (χ3v) is 12.4. The number of hydrogen-bond acceptors (Lipinski definition) is 20. The van der Waals surface area contributed by atoms with Gasteiger partial charge in [-0.15, -0.1) is 0 Å². The number of esters is 2. The Morgan fingerprint density at radius 1 is 0.462 bits per heavy atom. The van der Waals surface area contributed by atoms with Crippen LogP contribution >= 0.6 is 31.9 Å². The summed E-state index contributed by atoms with van der Waals surface area (Å²) in [5.74, 6) is -3.45. The largest absolute Gasteiger partial charge is 1.00 e. The predicted octanol–water partition coefficient (Wildman–Crippen LogP) is 9.68. The van der Waals surface area contributed by atoms with Gasteiger partial charge in [-0.2, -0.15) is 0 Å². The fourth-order valence-electron chi connectivity index (χ4n) is 6.03. The monoisotopic (exact) mass is 1470 g/mol. The summed E-state index contributed by atoms with van der Waals surface area (Å²) in [4.78, 5) is 83.9. The Kier molecular flexibility index (Phi) is 51.6. The van der Waals surface area contributed by atoms with Crippen molar-refractivity contribution in [2.45, 2.75) is 127 Å². The first kappa shape index (κ1) is 94.8. The number of anilines is 1. The van der Waals surface area contributed by atoms with Gasteiger partial charge in [-0.25, -0.2) is 28.4 Å². The Labute approximate surface area is 603 Å². The molecule has 30 heteroatoms. The number of non-ortho nitro benzene ring substituents is 2. The Morgan fingerprint density at radius 2 is 0.720 bits per heavy atom. The molecule has 0 aliphatic rings. The first-order valence-electron chi connectivity index (χ1n) is 27.5. The number of nitrogens with two attached hydrogens (primary N) is 2. The molecule has 0 heterocycles. The van der Waals surface area contributed by atoms with Crippen molar-refractivity contribution in [3.05, 3.63) is 156 Å². The van der Waals surface area contributed by atoms with E-state index in [1.165, 1.54) is 38.5 Å². The maximum absolute atomic E-state index is 12.1. The van der Waals surface area contributed by atoms with Crippen LogP contribution in [0.15, 0.2) is 130 Å². The van der Waals surface area contributed by atoms with E-state index < -0.39 is 76.1 Å². The van der Waals surface area contributed by atoms with E-state index in [4.69, 9.17) is 60.7 Å². The minimum Gasteiger partial charge on any atom is -1.00 e. The number of hydrogen-bond donors (Lipinski definition) is 8. The summed E-state index contributed by atoms with van der Waals surface area (Å²) in [6, 6.07) is 30.3. The van der Waals surface area contributed by atoms with Gasteiger partial charge in [0.1, 0.15) is 34.9 Å². The van der Waals surface area contributed by atoms with E-state index in [1.54, 1.807) is 77.9 Å². The molecule has 0 amide bonds. The number of carbonyl (C=O) groups excluding carboxylic acids is 2. The Balaban J connectivity index is -0.000000243. The van der Waals surface area contributed by atoms with E-state index in [2.05, 4.69) is 36.6 Å². The molecule has 0 saturated carbocycles. The maximum Gasteiger partial charge on any atom is 1.00 e. The van der Waals surface area contributed by atoms with Gasteiger partial charge < -0.3 is 73.0 Å². The number of nitrogens with zero attached hydrogens (tertiary/aromatic N) is 2. The number of aliphatic hydroxyl groups is 1. The molecule has 5 aromatic rings. The zero-order chi connectivity index (χ0) is 69.7. The molecule has 12 N–H and O–H groups in total. The van der Waals surface area contributed by atoms with Gasteiger partial charge in [0.2, 0.25) is 0 Å². The van der Waals surface area contributed by atoms with Crippen LogP contribution in [0.25, 0.3) is 0 Å². The molecule has 0 bridgehead atoms. The van der Waals surface area contributed by atoms with Crippen molar-refractivity contribution in [1.29, 1.82) is 0 Å². The number of aliphatic hydroxyl groups excluding tert-OH is 1. The molecule has 516 valence electrons. The van der Waals surface area contributed by atoms with Crippen molar-refractivity contribution < 1.29 is 150 Å². The molecular formula is C63H91Br2FKN5O21. The van der Waals surface area contributed by atoms with Crippen molar-refractivity contribution in [3.8, 4) is 23.0 Å². The third-order valence-electron chi connectivity index (χ3n) is 11.3. The number of nitro groups is 2. The number of aliphatic carboxylic acids is 4. The molecule has 93 heavy (non-hydrogen) atoms. The van der Waals surface area contributed by atoms with Crippen LogP contribution in [0.2, 0.25) is 0 Å². The Bertz CT molecular complexity index is 2860. The van der Waals surface area contributed by atoms with Crippen LogP contribution in [-0.2, 0) is 38.2 Å². The van der Waals surface area contributed by atoms with Gasteiger partial charge in [0.25, 0.3) is 11.4 Å². The predicted molar refractivity (Wildman–Crippen MR) is 353 cm³/mol. The molecule has 0 radical (unpaired) electrons. The quantitative estimate of drug-likeness (QED) is 0.0105. The van der Waals surface area contributed by atoms with Gasteiger partial charge in [-0.1, -0.05) is 122 Å². The molecule has 0 saturated heterocycles. The van der Waals surface area contributed by atoms with Gasteiger partial charge in [0.05, 0.1) is 24.1 Å². The van der Waals surface area contributed by atoms with Gasteiger partial charge in [-0.05, 0) is 109 Å². The number of nitro benzene ring substituents is 2. The molecule has 0 aliphatic carbocycles. The number of halogens is 3. The van der Waals surface area contributed by atoms with Crippen molar-refractivity contribution in [1.82, 2.24) is 6.15 Å². The molecule has 6 atom stereocenters. The number of methoxy groups -OCH3 is 2. The minimum absolute atomic E-state index is 0. The first-order chi connectivity index (χ1) is 41.8. The van der Waals surface area contributed by atoms with Crippen LogP contribution in [0, 0.1) is 61.6 Å². The number of carboxylic acid groups (broad SMARTS) is 4. The van der Waals surface area contributed by atoms with E-state index in [0.717, 1.165) is 33.2 Å². The minimum atomic E-state index is -1.21. The second-order valence-electron chi connectivity index (χ2n) is 20.9. The molecule has 0 aliphatic heterocycles. The molecule has 0 fully saturated rings. The molecule has 0 aromatic heterocycles. The number of carboxylic acids is 4. The number of carbonyl (C=O) groups is 6. The van der Waals surface area contributed by atoms with Gasteiger partial charge in [0, 0.05) is 62.6 Å². The van der Waals surface area contributed by atoms with E-state index in [9.17, 15) is 53.4 Å². The SMILES string of the molecule is C.CC(C)C(N)C(=O)O.CC(C)C(O)C(=O)O.CC(C)C(Oc1ccc(Br)cc1)C(=O)O.CC(C)C(Oc1ccc([N+](=O)[O-])cc1)C(=O)O.COC(=O)C(Oc1ccc(Br)cc1)C(C)C.COC(=O)C(Oc1ccc(N)cc1)C(C)C.N.O=[N+]([O-])c1ccc(F)cc1.[H-].[K+]. The van der Waals surface area contributed by atoms with Crippen LogP contribution in [0.5, 0.6) is 23.0 Å². The molecule has 26 nitrogen and oxygen atoms in total. The van der Waals surface area contributed by atoms with Crippen LogP contribution in [0.4, 0.5) is 21.5 Å². The summed E-state index contributed by atoms with van der Waals surface area (Å²) in [7, 11) is 2.71. The van der Waals surface area contributed by atoms with Crippen LogP contribution in [-0.4, -0.2) is 122 Å². The normalized spacial score (nSPS) is 11.9. The Morgan fingerprint density at radius 3 is 0.914 bits per heavy atom. The molecule has 5 aromatic carbocycles. The van der Waals surface area contributed by atoms with E-state index in [-0.39, 0.29) is 125 Å². The van der Waals surface area contributed by atoms with E-state index in [0.29, 0.717) is 28.7 Å². The van der Waals surface area contributed by atoms with E-state index >= 15 is 0 Å². The summed E-state index contributed by atoms with van der Waals surface area (Å²) in [5, 5.41) is 63.2. The second kappa shape index (κ2) is 50.6. The molecule has 0 spiro atoms. The van der Waals surface area contributed by atoms with Crippen molar-refractivity contribution in [2.75, 3.05) is 20.0 Å². The third kappa shape index (κ3) is 41.5. The summed E-state index contributed by atoms with van der Waals surface area (Å²) in [6.45, 7) is 21.6. The topological polar surface area (TPSA) is 432 Å². The standard InChI is InChI=1S/C12H15BrO3.C12H17NO3.C11H13BrO3.C11H13NO5.C6H4FNO2.C5H11NO2.C5H10O3.CH4.K.H3N.H/c2*1-8(2)11(12(14)15-3)16-10-6-4-9(13)5-7-10;1-7(2)10(11(13)14)15-9-5-3-8(12)4-6-9;1-7(2)10(11(13)14)17-9-5-3-8(4-6-9)12(15)16;7-5-1-3-6(4-2-5)8(9)10;2*1-3(2)4(6)5(7)8;;;;/h4-8,11H,1-3H3;4-8,11H,13H2,1-3H3;3-7,10H,1-2H3,(H,13,14);3-7,10H,1-2H3,(H,13,14);1-4H;3-4H,6H2,1-2H3,(H,7,8);3-4,6H,1-2H3,(H,7,8);1H4;;1H3;/q;;;;;;;;+1;;-1. The fourth-order valence-corrected chi connectivity index (χ4v) is 6.56. The smallest absolute Gasteiger partial charge is 1.00 e. The van der Waals surface area contributed by atoms with Crippen molar-refractivity contribution in [3.63, 3.8) is 0 Å². The van der Waals surface area contributed by atoms with Crippen molar-refractivity contribution >= 4 is 84.7 Å². The molecule has 6 unspecified atom stereocenters. The first-order valence-corrected chi connectivity index (χ1v) is 29.1. The summed E-state index contributed by atoms with van der Waals surface area (Å²) in [6.07, 6.45) is -4.13. The maximum atomic E-state index is 12.1. The molecular weight excluding hydrogens is 1380 g/mol. The van der Waals surface area contributed by atoms with E-state index in [1.807, 2.05) is 77.9 Å². The number of ether oxygens (including phenoxy) is 6. The summed E-state index contributed by atoms with van der Waals surface area (Å²) >= 11 is 6.63. The Hall–Kier alpha value is -6.87. The van der Waals surface area contributed by atoms with Gasteiger partial charge in [0.15, 0.2) is 30.5 Å². The zero-order valence-corrected chi connectivity index (χ0v) is 60.4. The number of rotatable bonds is 22. The average Bonchev–Trinajstić information content (AvgIpc) is 1.20. The zero-order valence-electron chi connectivity index (χ0n) is 55.1. The van der Waals surface area contributed by atoms with Crippen LogP contribution < -0.4 is 87.9 Å². The van der Waals surface area contributed by atoms with Crippen LogP contribution in [0.1, 0.15) is 91.9 Å². The van der Waals surface area contributed by atoms with Gasteiger partial charge in [-0.3, -0.25) is 25.0 Å². The summed E-state index contributed by atoms with van der Waals surface area (Å²) in [5.41, 5.74) is 11.2. The van der Waals surface area contributed by atoms with Crippen molar-refractivity contribution in [2.24, 2.45) is 41.2 Å². The number of benzene rings is 5. The number of nitrogen functional groups attached to an aromatic ring is 1. The van der Waals surface area contributed by atoms with Gasteiger partial charge >= 0.3 is 87.2 Å². The molecule has 5 rings (SSSR count). The average molecular weight is 1470 g/mol. The van der Waals surface area contributed by atoms with Crippen LogP contribution in [0.3, 0.4) is 0 Å².